The first-order chi connectivity index (χ1) is 9.90. The Kier molecular flexibility index (Phi) is 6.88. The highest BCUT2D eigenvalue weighted by Crippen LogP contribution is 2.09. The monoisotopic (exact) mass is 291 g/mol. The molecule has 5 heteroatoms. The molecule has 0 heterocycles. The molecule has 5 nitrogen and oxygen atoms in total. The van der Waals surface area contributed by atoms with E-state index in [1.165, 1.54) is 0 Å². The minimum atomic E-state index is -0.221. The van der Waals surface area contributed by atoms with Gasteiger partial charge in [-0.15, -0.1) is 0 Å². The maximum absolute atomic E-state index is 11.9. The van der Waals surface area contributed by atoms with E-state index in [4.69, 9.17) is 0 Å². The number of amides is 2. The smallest absolute Gasteiger partial charge is 0.251 e. The number of nitrogens with one attached hydrogen (secondary N) is 2. The van der Waals surface area contributed by atoms with Gasteiger partial charge >= 0.3 is 0 Å². The lowest BCUT2D eigenvalue weighted by molar-refractivity contribution is -0.120. The zero-order chi connectivity index (χ0) is 15.8. The van der Waals surface area contributed by atoms with Gasteiger partial charge in [-0.1, -0.05) is 6.07 Å². The Morgan fingerprint density at radius 3 is 2.43 bits per heavy atom. The molecule has 0 radical (unpaired) electrons. The lowest BCUT2D eigenvalue weighted by Crippen LogP contribution is -2.37. The van der Waals surface area contributed by atoms with E-state index in [2.05, 4.69) is 15.5 Å². The summed E-state index contributed by atoms with van der Waals surface area (Å²) in [6.45, 7) is 5.52. The van der Waals surface area contributed by atoms with Crippen LogP contribution < -0.4 is 10.6 Å². The third-order valence-corrected chi connectivity index (χ3v) is 3.28. The molecule has 0 unspecified atom stereocenters. The number of benzene rings is 1. The van der Waals surface area contributed by atoms with Crippen molar-refractivity contribution in [1.82, 2.24) is 15.5 Å². The number of hydrogen-bond donors (Lipinski definition) is 2. The number of carbonyl (C=O) groups is 2. The van der Waals surface area contributed by atoms with E-state index in [-0.39, 0.29) is 18.4 Å². The van der Waals surface area contributed by atoms with Crippen LogP contribution in [0.4, 0.5) is 0 Å². The Hall–Kier alpha value is -1.88. The zero-order valence-corrected chi connectivity index (χ0v) is 13.3. The van der Waals surface area contributed by atoms with Crippen molar-refractivity contribution in [3.8, 4) is 0 Å². The highest BCUT2D eigenvalue weighted by Gasteiger charge is 2.08. The van der Waals surface area contributed by atoms with Gasteiger partial charge in [0.05, 0.1) is 6.54 Å². The Morgan fingerprint density at radius 2 is 1.81 bits per heavy atom. The molecule has 0 aromatic heterocycles. The van der Waals surface area contributed by atoms with Crippen molar-refractivity contribution in [3.05, 3.63) is 34.9 Å². The van der Waals surface area contributed by atoms with Gasteiger partial charge in [0.15, 0.2) is 0 Å². The van der Waals surface area contributed by atoms with Gasteiger partial charge in [0.2, 0.25) is 5.91 Å². The van der Waals surface area contributed by atoms with Gasteiger partial charge in [0.1, 0.15) is 0 Å². The van der Waals surface area contributed by atoms with E-state index in [1.54, 1.807) is 6.07 Å². The van der Waals surface area contributed by atoms with Crippen LogP contribution in [0, 0.1) is 13.8 Å². The molecule has 0 aliphatic carbocycles. The minimum absolute atomic E-state index is 0.00766. The molecule has 1 aromatic rings. The van der Waals surface area contributed by atoms with E-state index >= 15 is 0 Å². The summed E-state index contributed by atoms with van der Waals surface area (Å²) >= 11 is 0. The number of nitrogens with zero attached hydrogens (tertiary/aromatic N) is 1. The van der Waals surface area contributed by atoms with E-state index < -0.39 is 0 Å². The van der Waals surface area contributed by atoms with Crippen LogP contribution in [0.2, 0.25) is 0 Å². The van der Waals surface area contributed by atoms with Crippen LogP contribution in [-0.2, 0) is 4.79 Å². The number of hydrogen-bond acceptors (Lipinski definition) is 3. The van der Waals surface area contributed by atoms with Crippen LogP contribution in [0.25, 0.3) is 0 Å². The molecule has 0 atom stereocenters. The number of rotatable bonds is 7. The Balaban J connectivity index is 2.32. The largest absolute Gasteiger partial charge is 0.355 e. The fraction of sp³-hybridized carbons (Fsp3) is 0.500. The topological polar surface area (TPSA) is 61.4 Å². The maximum atomic E-state index is 11.9. The second-order valence-corrected chi connectivity index (χ2v) is 5.49. The van der Waals surface area contributed by atoms with Gasteiger partial charge in [-0.05, 0) is 64.2 Å². The summed E-state index contributed by atoms with van der Waals surface area (Å²) in [7, 11) is 3.98. The van der Waals surface area contributed by atoms with Gasteiger partial charge in [0, 0.05) is 12.1 Å². The Labute approximate surface area is 126 Å². The van der Waals surface area contributed by atoms with Crippen LogP contribution in [0.1, 0.15) is 27.9 Å². The second-order valence-electron chi connectivity index (χ2n) is 5.49. The molecule has 0 bridgehead atoms. The van der Waals surface area contributed by atoms with Crippen LogP contribution in [-0.4, -0.2) is 50.4 Å². The molecule has 2 N–H and O–H groups in total. The summed E-state index contributed by atoms with van der Waals surface area (Å²) in [4.78, 5) is 25.6. The fourth-order valence-electron chi connectivity index (χ4n) is 1.83. The van der Waals surface area contributed by atoms with E-state index in [0.29, 0.717) is 12.1 Å². The zero-order valence-electron chi connectivity index (χ0n) is 13.3. The summed E-state index contributed by atoms with van der Waals surface area (Å²) in [5, 5.41) is 5.42. The van der Waals surface area contributed by atoms with Crippen molar-refractivity contribution < 1.29 is 9.59 Å². The SMILES string of the molecule is Cc1ccc(C(=O)NCC(=O)NCCCN(C)C)cc1C. The van der Waals surface area contributed by atoms with Crippen LogP contribution in [0.5, 0.6) is 0 Å². The highest BCUT2D eigenvalue weighted by atomic mass is 16.2. The Bertz CT molecular complexity index is 498. The van der Waals surface area contributed by atoms with Crippen molar-refractivity contribution >= 4 is 11.8 Å². The Morgan fingerprint density at radius 1 is 1.10 bits per heavy atom. The predicted octanol–water partition coefficient (Wildman–Crippen LogP) is 1.10. The third kappa shape index (κ3) is 6.40. The summed E-state index contributed by atoms with van der Waals surface area (Å²) < 4.78 is 0. The minimum Gasteiger partial charge on any atom is -0.355 e. The van der Waals surface area contributed by atoms with Crippen LogP contribution >= 0.6 is 0 Å². The molecule has 0 aliphatic rings. The van der Waals surface area contributed by atoms with Gasteiger partial charge < -0.3 is 15.5 Å². The van der Waals surface area contributed by atoms with Crippen molar-refractivity contribution in [3.63, 3.8) is 0 Å². The molecule has 21 heavy (non-hydrogen) atoms. The van der Waals surface area contributed by atoms with Gasteiger partial charge in [0.25, 0.3) is 5.91 Å². The standard InChI is InChI=1S/C16H25N3O2/c1-12-6-7-14(10-13(12)2)16(21)18-11-15(20)17-8-5-9-19(3)4/h6-7,10H,5,8-9,11H2,1-4H3,(H,17,20)(H,18,21). The molecule has 0 saturated heterocycles. The predicted molar refractivity (Wildman–Crippen MR) is 84.4 cm³/mol. The van der Waals surface area contributed by atoms with Gasteiger partial charge in [-0.2, -0.15) is 0 Å². The first kappa shape index (κ1) is 17.2. The van der Waals surface area contributed by atoms with Crippen molar-refractivity contribution in [2.24, 2.45) is 0 Å². The van der Waals surface area contributed by atoms with Crippen LogP contribution in [0.3, 0.4) is 0 Å². The third-order valence-electron chi connectivity index (χ3n) is 3.28. The van der Waals surface area contributed by atoms with Crippen molar-refractivity contribution in [1.29, 1.82) is 0 Å². The quantitative estimate of drug-likeness (QED) is 0.740. The number of aryl methyl sites for hydroxylation is 2. The van der Waals surface area contributed by atoms with Crippen molar-refractivity contribution in [2.75, 3.05) is 33.7 Å². The normalized spacial score (nSPS) is 10.5. The number of carbonyl (C=O) groups excluding carboxylic acids is 2. The molecule has 1 rings (SSSR count). The van der Waals surface area contributed by atoms with Crippen LogP contribution in [0.15, 0.2) is 18.2 Å². The summed E-state index contributed by atoms with van der Waals surface area (Å²) in [5.41, 5.74) is 2.79. The molecule has 116 valence electrons. The summed E-state index contributed by atoms with van der Waals surface area (Å²) in [5.74, 6) is -0.382. The fourth-order valence-corrected chi connectivity index (χ4v) is 1.83. The first-order valence-corrected chi connectivity index (χ1v) is 7.17. The second kappa shape index (κ2) is 8.42. The lowest BCUT2D eigenvalue weighted by Gasteiger charge is -2.10. The van der Waals surface area contributed by atoms with E-state index in [1.807, 2.05) is 40.1 Å². The molecule has 0 aliphatic heterocycles. The lowest BCUT2D eigenvalue weighted by atomic mass is 10.1. The maximum Gasteiger partial charge on any atom is 0.251 e. The van der Waals surface area contributed by atoms with E-state index in [0.717, 1.165) is 24.1 Å². The van der Waals surface area contributed by atoms with Gasteiger partial charge in [-0.3, -0.25) is 9.59 Å². The first-order valence-electron chi connectivity index (χ1n) is 7.17. The molecule has 0 fully saturated rings. The average molecular weight is 291 g/mol. The molecule has 0 saturated carbocycles. The van der Waals surface area contributed by atoms with Gasteiger partial charge in [-0.25, -0.2) is 0 Å². The summed E-state index contributed by atoms with van der Waals surface area (Å²) in [6.07, 6.45) is 0.893. The molecule has 0 spiro atoms. The molecular formula is C16H25N3O2. The molecule has 2 amide bonds. The van der Waals surface area contributed by atoms with Crippen molar-refractivity contribution in [2.45, 2.75) is 20.3 Å². The average Bonchev–Trinajstić information content (AvgIpc) is 2.43. The molecular weight excluding hydrogens is 266 g/mol. The summed E-state index contributed by atoms with van der Waals surface area (Å²) in [6, 6.07) is 5.51. The van der Waals surface area contributed by atoms with E-state index in [9.17, 15) is 9.59 Å². The highest BCUT2D eigenvalue weighted by molar-refractivity contribution is 5.96. The molecule has 1 aromatic carbocycles.